The fourth-order valence-corrected chi connectivity index (χ4v) is 1.67. The van der Waals surface area contributed by atoms with Gasteiger partial charge in [0.25, 0.3) is 5.91 Å². The van der Waals surface area contributed by atoms with E-state index in [1.54, 1.807) is 42.5 Å². The van der Waals surface area contributed by atoms with E-state index in [2.05, 4.69) is 5.32 Å². The van der Waals surface area contributed by atoms with E-state index in [-0.39, 0.29) is 5.91 Å². The summed E-state index contributed by atoms with van der Waals surface area (Å²) in [5.41, 5.74) is 1.32. The van der Waals surface area contributed by atoms with Gasteiger partial charge in [-0.15, -0.1) is 0 Å². The molecule has 0 spiro atoms. The van der Waals surface area contributed by atoms with Crippen LogP contribution in [0.3, 0.4) is 0 Å². The van der Waals surface area contributed by atoms with Crippen molar-refractivity contribution in [1.82, 2.24) is 0 Å². The first-order chi connectivity index (χ1) is 8.70. The molecule has 0 unspecified atom stereocenters. The summed E-state index contributed by atoms with van der Waals surface area (Å²) < 4.78 is 0. The Morgan fingerprint density at radius 3 is 2.56 bits per heavy atom. The second-order valence-electron chi connectivity index (χ2n) is 3.62. The molecule has 88 valence electrons. The number of hydrogen-bond donors (Lipinski definition) is 1. The van der Waals surface area contributed by atoms with Crippen LogP contribution in [0.4, 0.5) is 5.69 Å². The average Bonchev–Trinajstić information content (AvgIpc) is 2.40. The summed E-state index contributed by atoms with van der Waals surface area (Å²) in [6, 6.07) is 15.5. The molecule has 2 aromatic rings. The standard InChI is InChI=1S/C14H9ClN2O/c15-12-7-6-11(9-16)13(8-12)17-14(18)10-4-2-1-3-5-10/h1-8H,(H,17,18). The molecule has 0 bridgehead atoms. The molecule has 4 heteroatoms. The van der Waals surface area contributed by atoms with Crippen molar-refractivity contribution in [2.75, 3.05) is 5.32 Å². The number of carbonyl (C=O) groups excluding carboxylic acids is 1. The molecular formula is C14H9ClN2O. The molecule has 0 atom stereocenters. The smallest absolute Gasteiger partial charge is 0.255 e. The third-order valence-corrected chi connectivity index (χ3v) is 2.62. The number of benzene rings is 2. The zero-order chi connectivity index (χ0) is 13.0. The Bertz CT molecular complexity index is 617. The molecule has 0 saturated heterocycles. The van der Waals surface area contributed by atoms with E-state index in [9.17, 15) is 4.79 Å². The van der Waals surface area contributed by atoms with Crippen LogP contribution in [-0.4, -0.2) is 5.91 Å². The first kappa shape index (κ1) is 12.2. The topological polar surface area (TPSA) is 52.9 Å². The fourth-order valence-electron chi connectivity index (χ4n) is 1.50. The lowest BCUT2D eigenvalue weighted by Crippen LogP contribution is -2.12. The van der Waals surface area contributed by atoms with Crippen LogP contribution in [0, 0.1) is 11.3 Å². The second-order valence-corrected chi connectivity index (χ2v) is 4.06. The maximum atomic E-state index is 11.9. The fraction of sp³-hybridized carbons (Fsp3) is 0. The molecule has 0 aliphatic carbocycles. The van der Waals surface area contributed by atoms with E-state index in [4.69, 9.17) is 16.9 Å². The van der Waals surface area contributed by atoms with Gasteiger partial charge in [0, 0.05) is 10.6 Å². The minimum atomic E-state index is -0.269. The van der Waals surface area contributed by atoms with Gasteiger partial charge in [0.05, 0.1) is 11.3 Å². The lowest BCUT2D eigenvalue weighted by Gasteiger charge is -2.07. The number of anilines is 1. The van der Waals surface area contributed by atoms with Crippen molar-refractivity contribution in [1.29, 1.82) is 5.26 Å². The third-order valence-electron chi connectivity index (χ3n) is 2.39. The number of nitriles is 1. The normalized spacial score (nSPS) is 9.56. The number of halogens is 1. The predicted octanol–water partition coefficient (Wildman–Crippen LogP) is 3.46. The minimum absolute atomic E-state index is 0.269. The van der Waals surface area contributed by atoms with Gasteiger partial charge in [-0.2, -0.15) is 5.26 Å². The predicted molar refractivity (Wildman–Crippen MR) is 70.6 cm³/mol. The van der Waals surface area contributed by atoms with E-state index in [0.717, 1.165) is 0 Å². The molecule has 0 fully saturated rings. The Morgan fingerprint density at radius 1 is 1.17 bits per heavy atom. The Hall–Kier alpha value is -2.31. The highest BCUT2D eigenvalue weighted by molar-refractivity contribution is 6.31. The van der Waals surface area contributed by atoms with Crippen molar-refractivity contribution in [3.05, 3.63) is 64.7 Å². The summed E-state index contributed by atoms with van der Waals surface area (Å²) in [5, 5.41) is 12.1. The molecule has 2 rings (SSSR count). The molecule has 0 aliphatic heterocycles. The van der Waals surface area contributed by atoms with Gasteiger partial charge in [-0.3, -0.25) is 4.79 Å². The Morgan fingerprint density at radius 2 is 1.89 bits per heavy atom. The summed E-state index contributed by atoms with van der Waals surface area (Å²) in [6.45, 7) is 0. The average molecular weight is 257 g/mol. The van der Waals surface area contributed by atoms with Crippen molar-refractivity contribution in [3.63, 3.8) is 0 Å². The largest absolute Gasteiger partial charge is 0.321 e. The lowest BCUT2D eigenvalue weighted by molar-refractivity contribution is 0.102. The van der Waals surface area contributed by atoms with E-state index >= 15 is 0 Å². The van der Waals surface area contributed by atoms with Gasteiger partial charge >= 0.3 is 0 Å². The van der Waals surface area contributed by atoms with E-state index in [1.165, 1.54) is 0 Å². The summed E-state index contributed by atoms with van der Waals surface area (Å²) in [4.78, 5) is 11.9. The Kier molecular flexibility index (Phi) is 3.61. The molecule has 1 N–H and O–H groups in total. The first-order valence-corrected chi connectivity index (χ1v) is 5.64. The summed E-state index contributed by atoms with van der Waals surface area (Å²) in [6.07, 6.45) is 0. The summed E-state index contributed by atoms with van der Waals surface area (Å²) in [5.74, 6) is -0.269. The highest BCUT2D eigenvalue weighted by Crippen LogP contribution is 2.21. The molecule has 0 saturated carbocycles. The van der Waals surface area contributed by atoms with Gasteiger partial charge in [0.1, 0.15) is 6.07 Å². The lowest BCUT2D eigenvalue weighted by atomic mass is 10.1. The van der Waals surface area contributed by atoms with Crippen molar-refractivity contribution in [2.45, 2.75) is 0 Å². The van der Waals surface area contributed by atoms with Crippen LogP contribution in [0.2, 0.25) is 5.02 Å². The van der Waals surface area contributed by atoms with Gasteiger partial charge in [-0.25, -0.2) is 0 Å². The zero-order valence-electron chi connectivity index (χ0n) is 9.35. The highest BCUT2D eigenvalue weighted by atomic mass is 35.5. The van der Waals surface area contributed by atoms with Crippen LogP contribution < -0.4 is 5.32 Å². The SMILES string of the molecule is N#Cc1ccc(Cl)cc1NC(=O)c1ccccc1. The first-order valence-electron chi connectivity index (χ1n) is 5.27. The van der Waals surface area contributed by atoms with Gasteiger partial charge < -0.3 is 5.32 Å². The van der Waals surface area contributed by atoms with E-state index < -0.39 is 0 Å². The summed E-state index contributed by atoms with van der Waals surface area (Å²) >= 11 is 5.84. The molecule has 0 radical (unpaired) electrons. The number of amides is 1. The molecule has 0 aliphatic rings. The van der Waals surface area contributed by atoms with Gasteiger partial charge in [0.2, 0.25) is 0 Å². The van der Waals surface area contributed by atoms with Crippen molar-refractivity contribution >= 4 is 23.2 Å². The van der Waals surface area contributed by atoms with Gasteiger partial charge in [-0.05, 0) is 30.3 Å². The van der Waals surface area contributed by atoms with Gasteiger partial charge in [0.15, 0.2) is 0 Å². The molecule has 3 nitrogen and oxygen atoms in total. The zero-order valence-corrected chi connectivity index (χ0v) is 10.1. The van der Waals surface area contributed by atoms with Crippen LogP contribution in [-0.2, 0) is 0 Å². The number of hydrogen-bond acceptors (Lipinski definition) is 2. The van der Waals surface area contributed by atoms with Crippen LogP contribution in [0.5, 0.6) is 0 Å². The number of carbonyl (C=O) groups is 1. The second kappa shape index (κ2) is 5.35. The quantitative estimate of drug-likeness (QED) is 0.895. The molecule has 2 aromatic carbocycles. The molecule has 0 aromatic heterocycles. The monoisotopic (exact) mass is 256 g/mol. The Balaban J connectivity index is 2.28. The maximum absolute atomic E-state index is 11.9. The summed E-state index contributed by atoms with van der Waals surface area (Å²) in [7, 11) is 0. The molecule has 1 amide bonds. The minimum Gasteiger partial charge on any atom is -0.321 e. The number of nitrogens with one attached hydrogen (secondary N) is 1. The molecular weight excluding hydrogens is 248 g/mol. The van der Waals surface area contributed by atoms with Crippen molar-refractivity contribution in [2.24, 2.45) is 0 Å². The molecule has 0 heterocycles. The van der Waals surface area contributed by atoms with Crippen LogP contribution in [0.15, 0.2) is 48.5 Å². The van der Waals surface area contributed by atoms with Crippen LogP contribution in [0.1, 0.15) is 15.9 Å². The highest BCUT2D eigenvalue weighted by Gasteiger charge is 2.09. The van der Waals surface area contributed by atoms with E-state index in [0.29, 0.717) is 21.8 Å². The van der Waals surface area contributed by atoms with Crippen LogP contribution in [0.25, 0.3) is 0 Å². The van der Waals surface area contributed by atoms with Crippen molar-refractivity contribution in [3.8, 4) is 6.07 Å². The van der Waals surface area contributed by atoms with Crippen LogP contribution >= 0.6 is 11.6 Å². The van der Waals surface area contributed by atoms with E-state index in [1.807, 2.05) is 12.1 Å². The molecule has 18 heavy (non-hydrogen) atoms. The maximum Gasteiger partial charge on any atom is 0.255 e. The third kappa shape index (κ3) is 2.68. The number of nitrogens with zero attached hydrogens (tertiary/aromatic N) is 1. The Labute approximate surface area is 110 Å². The number of rotatable bonds is 2. The van der Waals surface area contributed by atoms with Crippen molar-refractivity contribution < 1.29 is 4.79 Å². The van der Waals surface area contributed by atoms with Gasteiger partial charge in [-0.1, -0.05) is 29.8 Å².